The van der Waals surface area contributed by atoms with E-state index in [1.165, 1.54) is 19.1 Å². The predicted molar refractivity (Wildman–Crippen MR) is 83.0 cm³/mol. The Morgan fingerprint density at radius 1 is 1.04 bits per heavy atom. The molecule has 120 valence electrons. The van der Waals surface area contributed by atoms with Crippen LogP contribution in [0.25, 0.3) is 0 Å². The van der Waals surface area contributed by atoms with Gasteiger partial charge in [-0.05, 0) is 42.8 Å². The predicted octanol–water partition coefficient (Wildman–Crippen LogP) is 3.41. The molecular formula is C17H16F2N2O2. The van der Waals surface area contributed by atoms with Gasteiger partial charge in [0.25, 0.3) is 5.91 Å². The monoisotopic (exact) mass is 318 g/mol. The lowest BCUT2D eigenvalue weighted by atomic mass is 10.1. The van der Waals surface area contributed by atoms with E-state index in [4.69, 9.17) is 0 Å². The van der Waals surface area contributed by atoms with Gasteiger partial charge in [-0.25, -0.2) is 8.78 Å². The average Bonchev–Trinajstić information content (AvgIpc) is 2.49. The third-order valence-electron chi connectivity index (χ3n) is 3.24. The maximum Gasteiger partial charge on any atom is 0.251 e. The summed E-state index contributed by atoms with van der Waals surface area (Å²) in [5.41, 5.74) is 1.31. The zero-order chi connectivity index (χ0) is 17.0. The molecule has 2 aromatic rings. The Hall–Kier alpha value is -2.76. The van der Waals surface area contributed by atoms with Crippen LogP contribution >= 0.6 is 0 Å². The molecule has 0 aromatic heterocycles. The summed E-state index contributed by atoms with van der Waals surface area (Å²) in [5.74, 6) is -2.52. The van der Waals surface area contributed by atoms with Crippen molar-refractivity contribution in [1.29, 1.82) is 0 Å². The van der Waals surface area contributed by atoms with E-state index >= 15 is 0 Å². The van der Waals surface area contributed by atoms with Crippen LogP contribution in [0.4, 0.5) is 14.5 Å². The summed E-state index contributed by atoms with van der Waals surface area (Å²) in [6, 6.07) is 9.42. The molecule has 1 atom stereocenters. The number of hydrogen-bond acceptors (Lipinski definition) is 2. The van der Waals surface area contributed by atoms with Crippen LogP contribution < -0.4 is 10.6 Å². The smallest absolute Gasteiger partial charge is 0.251 e. The summed E-state index contributed by atoms with van der Waals surface area (Å²) in [4.78, 5) is 23.3. The summed E-state index contributed by atoms with van der Waals surface area (Å²) in [6.45, 7) is 3.04. The van der Waals surface area contributed by atoms with Gasteiger partial charge in [-0.3, -0.25) is 9.59 Å². The molecule has 6 heteroatoms. The van der Waals surface area contributed by atoms with Gasteiger partial charge in [-0.2, -0.15) is 0 Å². The minimum atomic E-state index is -0.962. The number of anilines is 1. The van der Waals surface area contributed by atoms with E-state index in [0.29, 0.717) is 16.8 Å². The number of amides is 2. The van der Waals surface area contributed by atoms with E-state index in [9.17, 15) is 18.4 Å². The number of carbonyl (C=O) groups is 2. The van der Waals surface area contributed by atoms with E-state index in [0.717, 1.165) is 12.1 Å². The Bertz CT molecular complexity index is 747. The lowest BCUT2D eigenvalue weighted by Crippen LogP contribution is -2.26. The minimum Gasteiger partial charge on any atom is -0.346 e. The standard InChI is InChI=1S/C17H16F2N2O2/c1-10(12-6-7-15(18)16(19)9-12)20-17(23)13-4-3-5-14(8-13)21-11(2)22/h3-10H,1-2H3,(H,20,23)(H,21,22)/t10-/m0/s1. The fraction of sp³-hybridized carbons (Fsp3) is 0.176. The first-order valence-electron chi connectivity index (χ1n) is 7.00. The van der Waals surface area contributed by atoms with Gasteiger partial charge in [0.15, 0.2) is 11.6 Å². The van der Waals surface area contributed by atoms with E-state index in [2.05, 4.69) is 10.6 Å². The molecule has 2 N–H and O–H groups in total. The Balaban J connectivity index is 2.11. The summed E-state index contributed by atoms with van der Waals surface area (Å²) < 4.78 is 26.2. The Labute approximate surface area is 132 Å². The molecule has 0 saturated carbocycles. The summed E-state index contributed by atoms with van der Waals surface area (Å²) in [5, 5.41) is 5.29. The topological polar surface area (TPSA) is 58.2 Å². The lowest BCUT2D eigenvalue weighted by molar-refractivity contribution is -0.114. The van der Waals surface area contributed by atoms with Crippen LogP contribution in [-0.2, 0) is 4.79 Å². The molecule has 0 spiro atoms. The molecule has 4 nitrogen and oxygen atoms in total. The largest absolute Gasteiger partial charge is 0.346 e. The van der Waals surface area contributed by atoms with Crippen molar-refractivity contribution in [3.8, 4) is 0 Å². The van der Waals surface area contributed by atoms with Gasteiger partial charge < -0.3 is 10.6 Å². The molecule has 2 amide bonds. The van der Waals surface area contributed by atoms with Crippen molar-refractivity contribution in [2.45, 2.75) is 19.9 Å². The van der Waals surface area contributed by atoms with Crippen LogP contribution in [0.15, 0.2) is 42.5 Å². The zero-order valence-electron chi connectivity index (χ0n) is 12.7. The van der Waals surface area contributed by atoms with E-state index in [-0.39, 0.29) is 11.8 Å². The van der Waals surface area contributed by atoms with Crippen LogP contribution in [0.5, 0.6) is 0 Å². The van der Waals surface area contributed by atoms with E-state index < -0.39 is 17.7 Å². The molecule has 0 bridgehead atoms. The van der Waals surface area contributed by atoms with Crippen molar-refractivity contribution in [2.75, 3.05) is 5.32 Å². The van der Waals surface area contributed by atoms with Crippen molar-refractivity contribution >= 4 is 17.5 Å². The summed E-state index contributed by atoms with van der Waals surface area (Å²) >= 11 is 0. The van der Waals surface area contributed by atoms with Crippen LogP contribution in [-0.4, -0.2) is 11.8 Å². The van der Waals surface area contributed by atoms with Gasteiger partial charge in [-0.15, -0.1) is 0 Å². The van der Waals surface area contributed by atoms with Crippen LogP contribution in [0.3, 0.4) is 0 Å². The van der Waals surface area contributed by atoms with Gasteiger partial charge in [0, 0.05) is 18.2 Å². The fourth-order valence-corrected chi connectivity index (χ4v) is 2.09. The van der Waals surface area contributed by atoms with Crippen molar-refractivity contribution in [1.82, 2.24) is 5.32 Å². The van der Waals surface area contributed by atoms with Gasteiger partial charge in [0.1, 0.15) is 0 Å². The van der Waals surface area contributed by atoms with Gasteiger partial charge in [0.05, 0.1) is 6.04 Å². The number of carbonyl (C=O) groups excluding carboxylic acids is 2. The highest BCUT2D eigenvalue weighted by Gasteiger charge is 2.14. The first-order valence-corrected chi connectivity index (χ1v) is 7.00. The van der Waals surface area contributed by atoms with Crippen molar-refractivity contribution in [3.63, 3.8) is 0 Å². The molecule has 0 radical (unpaired) electrons. The SMILES string of the molecule is CC(=O)Nc1cccc(C(=O)N[C@@H](C)c2ccc(F)c(F)c2)c1. The Kier molecular flexibility index (Phi) is 5.05. The first kappa shape index (κ1) is 16.6. The van der Waals surface area contributed by atoms with Crippen molar-refractivity contribution in [3.05, 3.63) is 65.2 Å². The third kappa shape index (κ3) is 4.35. The number of benzene rings is 2. The van der Waals surface area contributed by atoms with Gasteiger partial charge >= 0.3 is 0 Å². The highest BCUT2D eigenvalue weighted by Crippen LogP contribution is 2.17. The quantitative estimate of drug-likeness (QED) is 0.907. The highest BCUT2D eigenvalue weighted by atomic mass is 19.2. The van der Waals surface area contributed by atoms with Crippen LogP contribution in [0, 0.1) is 11.6 Å². The first-order chi connectivity index (χ1) is 10.9. The van der Waals surface area contributed by atoms with E-state index in [1.54, 1.807) is 25.1 Å². The number of halogens is 2. The second kappa shape index (κ2) is 7.00. The van der Waals surface area contributed by atoms with Gasteiger partial charge in [0.2, 0.25) is 5.91 Å². The maximum atomic E-state index is 13.2. The Morgan fingerprint density at radius 2 is 1.78 bits per heavy atom. The second-order valence-corrected chi connectivity index (χ2v) is 5.13. The normalized spacial score (nSPS) is 11.7. The molecule has 0 saturated heterocycles. The van der Waals surface area contributed by atoms with Crippen molar-refractivity contribution in [2.24, 2.45) is 0 Å². The number of hydrogen-bond donors (Lipinski definition) is 2. The van der Waals surface area contributed by atoms with Crippen LogP contribution in [0.2, 0.25) is 0 Å². The van der Waals surface area contributed by atoms with Gasteiger partial charge in [-0.1, -0.05) is 12.1 Å². The minimum absolute atomic E-state index is 0.238. The Morgan fingerprint density at radius 3 is 2.43 bits per heavy atom. The second-order valence-electron chi connectivity index (χ2n) is 5.13. The average molecular weight is 318 g/mol. The van der Waals surface area contributed by atoms with E-state index in [1.807, 2.05) is 0 Å². The van der Waals surface area contributed by atoms with Crippen LogP contribution in [0.1, 0.15) is 35.8 Å². The zero-order valence-corrected chi connectivity index (χ0v) is 12.7. The molecule has 23 heavy (non-hydrogen) atoms. The lowest BCUT2D eigenvalue weighted by Gasteiger charge is -2.15. The fourth-order valence-electron chi connectivity index (χ4n) is 2.09. The molecule has 0 aliphatic heterocycles. The number of nitrogens with one attached hydrogen (secondary N) is 2. The highest BCUT2D eigenvalue weighted by molar-refractivity contribution is 5.96. The maximum absolute atomic E-state index is 13.2. The summed E-state index contributed by atoms with van der Waals surface area (Å²) in [7, 11) is 0. The molecule has 2 rings (SSSR count). The number of rotatable bonds is 4. The molecular weight excluding hydrogens is 302 g/mol. The molecule has 2 aromatic carbocycles. The third-order valence-corrected chi connectivity index (χ3v) is 3.24. The summed E-state index contributed by atoms with van der Waals surface area (Å²) in [6.07, 6.45) is 0. The molecule has 0 aliphatic carbocycles. The molecule has 0 heterocycles. The molecule has 0 aliphatic rings. The van der Waals surface area contributed by atoms with Crippen molar-refractivity contribution < 1.29 is 18.4 Å². The molecule has 0 unspecified atom stereocenters. The molecule has 0 fully saturated rings.